The maximum Gasteiger partial charge on any atom is 0.256 e. The zero-order valence-corrected chi connectivity index (χ0v) is 18.5. The van der Waals surface area contributed by atoms with Crippen molar-refractivity contribution in [3.8, 4) is 0 Å². The average molecular weight is 430 g/mol. The number of nitrogens with zero attached hydrogens (tertiary/aromatic N) is 4. The van der Waals surface area contributed by atoms with E-state index in [4.69, 9.17) is 4.74 Å². The number of ether oxygens (including phenoxy) is 1. The molecule has 0 aliphatic carbocycles. The average Bonchev–Trinajstić information content (AvgIpc) is 2.77. The van der Waals surface area contributed by atoms with E-state index in [1.54, 1.807) is 27.8 Å². The number of piperazine rings is 1. The predicted octanol–water partition coefficient (Wildman–Crippen LogP) is 1.21. The smallest absolute Gasteiger partial charge is 0.256 e. The van der Waals surface area contributed by atoms with Gasteiger partial charge in [0.05, 0.1) is 17.8 Å². The molecular formula is C22H31N5O4. The highest BCUT2D eigenvalue weighted by Gasteiger charge is 2.39. The number of anilines is 2. The lowest BCUT2D eigenvalue weighted by atomic mass is 9.97. The van der Waals surface area contributed by atoms with Crippen LogP contribution >= 0.6 is 0 Å². The van der Waals surface area contributed by atoms with Crippen molar-refractivity contribution >= 4 is 29.2 Å². The third kappa shape index (κ3) is 4.23. The van der Waals surface area contributed by atoms with Crippen LogP contribution in [0, 0.1) is 11.8 Å². The lowest BCUT2D eigenvalue weighted by Gasteiger charge is -2.41. The molecule has 0 aromatic carbocycles. The molecule has 0 saturated carbocycles. The number of nitrogens with one attached hydrogen (secondary N) is 1. The predicted molar refractivity (Wildman–Crippen MR) is 116 cm³/mol. The first-order chi connectivity index (χ1) is 14.9. The van der Waals surface area contributed by atoms with Gasteiger partial charge in [-0.15, -0.1) is 0 Å². The summed E-state index contributed by atoms with van der Waals surface area (Å²) in [5.74, 6) is 0.679. The van der Waals surface area contributed by atoms with Crippen LogP contribution in [0.2, 0.25) is 0 Å². The molecule has 0 radical (unpaired) electrons. The molecule has 1 aromatic heterocycles. The second-order valence-corrected chi connectivity index (χ2v) is 8.95. The van der Waals surface area contributed by atoms with Crippen molar-refractivity contribution in [1.82, 2.24) is 14.8 Å². The summed E-state index contributed by atoms with van der Waals surface area (Å²) in [5.41, 5.74) is 1.03. The summed E-state index contributed by atoms with van der Waals surface area (Å²) in [6, 6.07) is 1.24. The van der Waals surface area contributed by atoms with Crippen molar-refractivity contribution in [3.63, 3.8) is 0 Å². The molecular weight excluding hydrogens is 398 g/mol. The van der Waals surface area contributed by atoms with Gasteiger partial charge >= 0.3 is 0 Å². The van der Waals surface area contributed by atoms with Gasteiger partial charge in [-0.2, -0.15) is 0 Å². The lowest BCUT2D eigenvalue weighted by Crippen LogP contribution is -2.59. The van der Waals surface area contributed by atoms with Gasteiger partial charge in [0.15, 0.2) is 0 Å². The molecule has 3 aliphatic heterocycles. The maximum absolute atomic E-state index is 13.4. The Labute approximate surface area is 182 Å². The minimum Gasteiger partial charge on any atom is -0.381 e. The van der Waals surface area contributed by atoms with Crippen molar-refractivity contribution in [1.29, 1.82) is 0 Å². The minimum absolute atomic E-state index is 0.00181. The fourth-order valence-corrected chi connectivity index (χ4v) is 4.59. The highest BCUT2D eigenvalue weighted by atomic mass is 16.5. The van der Waals surface area contributed by atoms with E-state index in [2.05, 4.69) is 10.3 Å². The number of likely N-dealkylation sites (N-methyl/N-ethyl adjacent to an activating group) is 1. The lowest BCUT2D eigenvalue weighted by molar-refractivity contribution is -0.140. The Morgan fingerprint density at radius 1 is 1.26 bits per heavy atom. The van der Waals surface area contributed by atoms with Gasteiger partial charge in [0, 0.05) is 46.1 Å². The molecule has 2 fully saturated rings. The van der Waals surface area contributed by atoms with Crippen LogP contribution < -0.4 is 10.2 Å². The molecule has 31 heavy (non-hydrogen) atoms. The first-order valence-electron chi connectivity index (χ1n) is 11.0. The van der Waals surface area contributed by atoms with E-state index >= 15 is 0 Å². The van der Waals surface area contributed by atoms with Gasteiger partial charge in [-0.1, -0.05) is 13.8 Å². The molecule has 1 atom stereocenters. The number of pyridine rings is 1. The summed E-state index contributed by atoms with van der Waals surface area (Å²) < 4.78 is 5.44. The van der Waals surface area contributed by atoms with Crippen LogP contribution in [0.1, 0.15) is 37.0 Å². The van der Waals surface area contributed by atoms with Gasteiger partial charge in [-0.25, -0.2) is 4.98 Å². The Morgan fingerprint density at radius 3 is 2.71 bits per heavy atom. The molecule has 9 nitrogen and oxygen atoms in total. The highest BCUT2D eigenvalue weighted by Crippen LogP contribution is 2.31. The van der Waals surface area contributed by atoms with Crippen molar-refractivity contribution in [2.24, 2.45) is 11.8 Å². The van der Waals surface area contributed by atoms with E-state index in [1.807, 2.05) is 13.8 Å². The van der Waals surface area contributed by atoms with Crippen LogP contribution in [-0.2, 0) is 14.3 Å². The van der Waals surface area contributed by atoms with Gasteiger partial charge < -0.3 is 24.8 Å². The standard InChI is InChI=1S/C22H31N5O4/c1-14(2)19-22(30)25(3)6-7-26(19)21(29)16-10-17-20(23-11-16)24-12-18(28)27(17)13-15-4-8-31-9-5-15/h10-11,14-15,19H,4-9,12-13H2,1-3H3,(H,23,24). The SMILES string of the molecule is CC(C)C1C(=O)N(C)CCN1C(=O)c1cnc2c(c1)N(CC1CCOCC1)C(=O)CN2. The zero-order valence-electron chi connectivity index (χ0n) is 18.5. The molecule has 0 spiro atoms. The molecule has 3 amide bonds. The Hall–Kier alpha value is -2.68. The molecule has 1 unspecified atom stereocenters. The molecule has 2 saturated heterocycles. The molecule has 168 valence electrons. The van der Waals surface area contributed by atoms with E-state index in [0.29, 0.717) is 55.8 Å². The number of carbonyl (C=O) groups excluding carboxylic acids is 3. The number of aromatic nitrogens is 1. The second-order valence-electron chi connectivity index (χ2n) is 8.95. The quantitative estimate of drug-likeness (QED) is 0.773. The van der Waals surface area contributed by atoms with E-state index in [-0.39, 0.29) is 30.2 Å². The largest absolute Gasteiger partial charge is 0.381 e. The summed E-state index contributed by atoms with van der Waals surface area (Å²) >= 11 is 0. The van der Waals surface area contributed by atoms with Gasteiger partial charge in [0.1, 0.15) is 11.9 Å². The number of amides is 3. The number of carbonyl (C=O) groups is 3. The Kier molecular flexibility index (Phi) is 6.13. The summed E-state index contributed by atoms with van der Waals surface area (Å²) in [7, 11) is 1.77. The highest BCUT2D eigenvalue weighted by molar-refractivity contribution is 6.04. The monoisotopic (exact) mass is 429 g/mol. The van der Waals surface area contributed by atoms with Crippen LogP contribution in [-0.4, -0.2) is 85.0 Å². The molecule has 1 aromatic rings. The molecule has 3 aliphatic rings. The van der Waals surface area contributed by atoms with Crippen LogP contribution in [0.15, 0.2) is 12.3 Å². The molecule has 4 rings (SSSR count). The Bertz CT molecular complexity index is 867. The van der Waals surface area contributed by atoms with Gasteiger partial charge in [0.2, 0.25) is 11.8 Å². The third-order valence-electron chi connectivity index (χ3n) is 6.43. The first kappa shape index (κ1) is 21.5. The van der Waals surface area contributed by atoms with Crippen molar-refractivity contribution in [3.05, 3.63) is 17.8 Å². The summed E-state index contributed by atoms with van der Waals surface area (Å²) in [6.07, 6.45) is 3.37. The molecule has 1 N–H and O–H groups in total. The Morgan fingerprint density at radius 2 is 2.00 bits per heavy atom. The topological polar surface area (TPSA) is 95.1 Å². The van der Waals surface area contributed by atoms with E-state index in [0.717, 1.165) is 12.8 Å². The number of hydrogen-bond donors (Lipinski definition) is 1. The van der Waals surface area contributed by atoms with Crippen molar-refractivity contribution in [2.45, 2.75) is 32.7 Å². The summed E-state index contributed by atoms with van der Waals surface area (Å²) in [6.45, 7) is 7.09. The fourth-order valence-electron chi connectivity index (χ4n) is 4.59. The van der Waals surface area contributed by atoms with Crippen LogP contribution in [0.3, 0.4) is 0 Å². The van der Waals surface area contributed by atoms with E-state index < -0.39 is 6.04 Å². The third-order valence-corrected chi connectivity index (χ3v) is 6.43. The van der Waals surface area contributed by atoms with Crippen LogP contribution in [0.25, 0.3) is 0 Å². The minimum atomic E-state index is -0.500. The van der Waals surface area contributed by atoms with Gasteiger partial charge in [-0.05, 0) is 30.7 Å². The van der Waals surface area contributed by atoms with Crippen LogP contribution in [0.4, 0.5) is 11.5 Å². The fraction of sp³-hybridized carbons (Fsp3) is 0.636. The first-order valence-corrected chi connectivity index (χ1v) is 11.0. The van der Waals surface area contributed by atoms with Crippen LogP contribution in [0.5, 0.6) is 0 Å². The maximum atomic E-state index is 13.4. The van der Waals surface area contributed by atoms with Gasteiger partial charge in [-0.3, -0.25) is 14.4 Å². The van der Waals surface area contributed by atoms with E-state index in [9.17, 15) is 14.4 Å². The molecule has 0 bridgehead atoms. The number of fused-ring (bicyclic) bond motifs is 1. The summed E-state index contributed by atoms with van der Waals surface area (Å²) in [5, 5.41) is 3.05. The Balaban J connectivity index is 1.61. The van der Waals surface area contributed by atoms with E-state index in [1.165, 1.54) is 6.20 Å². The number of rotatable bonds is 4. The number of hydrogen-bond acceptors (Lipinski definition) is 6. The second kappa shape index (κ2) is 8.82. The van der Waals surface area contributed by atoms with Gasteiger partial charge in [0.25, 0.3) is 5.91 Å². The zero-order chi connectivity index (χ0) is 22.1. The van der Waals surface area contributed by atoms with Crippen molar-refractivity contribution in [2.75, 3.05) is 56.7 Å². The van der Waals surface area contributed by atoms with Crippen molar-refractivity contribution < 1.29 is 19.1 Å². The normalized spacial score (nSPS) is 22.6. The summed E-state index contributed by atoms with van der Waals surface area (Å²) in [4.78, 5) is 48.3. The molecule has 9 heteroatoms. The molecule has 4 heterocycles.